The monoisotopic (exact) mass is 308 g/mol. The number of H-pyrrole nitrogens is 1. The fraction of sp³-hybridized carbons (Fsp3) is 0.357. The second-order valence-corrected chi connectivity index (χ2v) is 6.58. The molecule has 114 valence electrons. The Morgan fingerprint density at radius 3 is 2.71 bits per heavy atom. The van der Waals surface area contributed by atoms with Crippen LogP contribution in [0.1, 0.15) is 36.6 Å². The summed E-state index contributed by atoms with van der Waals surface area (Å²) in [5, 5.41) is 6.49. The second kappa shape index (κ2) is 6.38. The molecule has 2 aromatic rings. The van der Waals surface area contributed by atoms with E-state index in [2.05, 4.69) is 14.9 Å². The quantitative estimate of drug-likeness (QED) is 0.752. The minimum Gasteiger partial charge on any atom is -0.326 e. The van der Waals surface area contributed by atoms with E-state index in [9.17, 15) is 8.42 Å². The first kappa shape index (κ1) is 15.7. The van der Waals surface area contributed by atoms with Crippen LogP contribution in [0.3, 0.4) is 0 Å². The van der Waals surface area contributed by atoms with Crippen molar-refractivity contribution >= 4 is 10.0 Å². The van der Waals surface area contributed by atoms with Crippen LogP contribution in [0.2, 0.25) is 0 Å². The topological polar surface area (TPSA) is 101 Å². The fourth-order valence-corrected chi connectivity index (χ4v) is 3.45. The van der Waals surface area contributed by atoms with Gasteiger partial charge in [-0.15, -0.1) is 0 Å². The van der Waals surface area contributed by atoms with Crippen molar-refractivity contribution in [3.63, 3.8) is 0 Å². The smallest absolute Gasteiger partial charge is 0.241 e. The Kier molecular flexibility index (Phi) is 4.76. The summed E-state index contributed by atoms with van der Waals surface area (Å²) in [6.07, 6.45) is 4.09. The molecule has 0 saturated carbocycles. The lowest BCUT2D eigenvalue weighted by molar-refractivity contribution is 0.567. The van der Waals surface area contributed by atoms with Gasteiger partial charge in [0.25, 0.3) is 0 Å². The van der Waals surface area contributed by atoms with Gasteiger partial charge in [-0.2, -0.15) is 5.10 Å². The number of nitrogens with two attached hydrogens (primary N) is 1. The lowest BCUT2D eigenvalue weighted by Gasteiger charge is -2.14. The van der Waals surface area contributed by atoms with Gasteiger partial charge in [-0.25, -0.2) is 13.1 Å². The third-order valence-electron chi connectivity index (χ3n) is 3.44. The number of rotatable bonds is 6. The zero-order chi connectivity index (χ0) is 15.5. The molecule has 0 aliphatic heterocycles. The van der Waals surface area contributed by atoms with Gasteiger partial charge in [-0.05, 0) is 36.6 Å². The number of nitrogens with zero attached hydrogens (tertiary/aromatic N) is 1. The SMILES string of the molecule is CCc1ccc(S(=O)(=O)NC(C)c2cn[nH]c2)cc1CN. The minimum atomic E-state index is -3.59. The Morgan fingerprint density at radius 1 is 1.38 bits per heavy atom. The van der Waals surface area contributed by atoms with Gasteiger partial charge in [0.2, 0.25) is 10.0 Å². The van der Waals surface area contributed by atoms with E-state index in [4.69, 9.17) is 5.73 Å². The van der Waals surface area contributed by atoms with Gasteiger partial charge >= 0.3 is 0 Å². The third-order valence-corrected chi connectivity index (χ3v) is 4.98. The molecule has 0 radical (unpaired) electrons. The Morgan fingerprint density at radius 2 is 2.14 bits per heavy atom. The molecule has 1 unspecified atom stereocenters. The van der Waals surface area contributed by atoms with E-state index in [0.717, 1.165) is 23.1 Å². The largest absolute Gasteiger partial charge is 0.326 e. The van der Waals surface area contributed by atoms with Crippen LogP contribution in [0, 0.1) is 0 Å². The molecule has 0 amide bonds. The molecule has 0 bridgehead atoms. The van der Waals surface area contributed by atoms with Crippen LogP contribution in [0.25, 0.3) is 0 Å². The summed E-state index contributed by atoms with van der Waals surface area (Å²) < 4.78 is 27.5. The van der Waals surface area contributed by atoms with Crippen molar-refractivity contribution in [3.05, 3.63) is 47.3 Å². The summed E-state index contributed by atoms with van der Waals surface area (Å²) in [6.45, 7) is 4.11. The molecule has 0 spiro atoms. The number of hydrogen-bond donors (Lipinski definition) is 3. The molecule has 0 fully saturated rings. The van der Waals surface area contributed by atoms with Crippen LogP contribution < -0.4 is 10.5 Å². The van der Waals surface area contributed by atoms with Crippen molar-refractivity contribution in [2.24, 2.45) is 5.73 Å². The molecule has 1 heterocycles. The number of hydrogen-bond acceptors (Lipinski definition) is 4. The van der Waals surface area contributed by atoms with Crippen LogP contribution in [0.4, 0.5) is 0 Å². The highest BCUT2D eigenvalue weighted by molar-refractivity contribution is 7.89. The van der Waals surface area contributed by atoms with Gasteiger partial charge in [0.1, 0.15) is 0 Å². The molecule has 1 aromatic carbocycles. The first-order chi connectivity index (χ1) is 9.97. The highest BCUT2D eigenvalue weighted by Crippen LogP contribution is 2.19. The van der Waals surface area contributed by atoms with E-state index in [0.29, 0.717) is 6.54 Å². The molecule has 4 N–H and O–H groups in total. The van der Waals surface area contributed by atoms with Gasteiger partial charge in [0.15, 0.2) is 0 Å². The molecular formula is C14H20N4O2S. The molecule has 1 aromatic heterocycles. The molecule has 0 saturated heterocycles. The summed E-state index contributed by atoms with van der Waals surface area (Å²) >= 11 is 0. The first-order valence-corrected chi connectivity index (χ1v) is 8.29. The number of sulfonamides is 1. The maximum Gasteiger partial charge on any atom is 0.241 e. The van der Waals surface area contributed by atoms with Crippen LogP contribution >= 0.6 is 0 Å². The zero-order valence-corrected chi connectivity index (χ0v) is 12.9. The summed E-state index contributed by atoms with van der Waals surface area (Å²) in [4.78, 5) is 0.232. The van der Waals surface area contributed by atoms with Crippen LogP contribution in [-0.4, -0.2) is 18.6 Å². The summed E-state index contributed by atoms with van der Waals surface area (Å²) in [5.74, 6) is 0. The Labute approximate surface area is 124 Å². The van der Waals surface area contributed by atoms with E-state index < -0.39 is 10.0 Å². The molecule has 0 aliphatic rings. The fourth-order valence-electron chi connectivity index (χ4n) is 2.17. The highest BCUT2D eigenvalue weighted by Gasteiger charge is 2.19. The normalized spacial score (nSPS) is 13.3. The van der Waals surface area contributed by atoms with Crippen molar-refractivity contribution in [2.75, 3.05) is 0 Å². The number of aromatic amines is 1. The molecule has 0 aliphatic carbocycles. The Bertz CT molecular complexity index is 696. The Balaban J connectivity index is 2.27. The average molecular weight is 308 g/mol. The van der Waals surface area contributed by atoms with E-state index in [1.54, 1.807) is 31.5 Å². The standard InChI is InChI=1S/C14H20N4O2S/c1-3-11-4-5-14(6-12(11)7-15)21(19,20)18-10(2)13-8-16-17-9-13/h4-6,8-10,18H,3,7,15H2,1-2H3,(H,16,17). The minimum absolute atomic E-state index is 0.232. The van der Waals surface area contributed by atoms with Crippen molar-refractivity contribution in [2.45, 2.75) is 37.8 Å². The van der Waals surface area contributed by atoms with Gasteiger partial charge in [-0.1, -0.05) is 13.0 Å². The van der Waals surface area contributed by atoms with Crippen molar-refractivity contribution in [3.8, 4) is 0 Å². The summed E-state index contributed by atoms with van der Waals surface area (Å²) in [5.41, 5.74) is 8.40. The van der Waals surface area contributed by atoms with E-state index >= 15 is 0 Å². The average Bonchev–Trinajstić information content (AvgIpc) is 3.00. The molecule has 1 atom stereocenters. The maximum atomic E-state index is 12.4. The van der Waals surface area contributed by atoms with Gasteiger partial charge in [-0.3, -0.25) is 5.10 Å². The maximum absolute atomic E-state index is 12.4. The summed E-state index contributed by atoms with van der Waals surface area (Å²) in [7, 11) is -3.59. The van der Waals surface area contributed by atoms with Crippen molar-refractivity contribution in [1.29, 1.82) is 0 Å². The number of nitrogens with one attached hydrogen (secondary N) is 2. The van der Waals surface area contributed by atoms with E-state index in [1.807, 2.05) is 13.0 Å². The predicted octanol–water partition coefficient (Wildman–Crippen LogP) is 1.47. The lowest BCUT2D eigenvalue weighted by atomic mass is 10.1. The second-order valence-electron chi connectivity index (χ2n) is 4.86. The zero-order valence-electron chi connectivity index (χ0n) is 12.1. The first-order valence-electron chi connectivity index (χ1n) is 6.80. The molecular weight excluding hydrogens is 288 g/mol. The van der Waals surface area contributed by atoms with Crippen molar-refractivity contribution in [1.82, 2.24) is 14.9 Å². The third kappa shape index (κ3) is 3.49. The molecule has 7 heteroatoms. The summed E-state index contributed by atoms with van der Waals surface area (Å²) in [6, 6.07) is 4.71. The van der Waals surface area contributed by atoms with E-state index in [1.165, 1.54) is 0 Å². The van der Waals surface area contributed by atoms with E-state index in [-0.39, 0.29) is 10.9 Å². The van der Waals surface area contributed by atoms with Crippen LogP contribution in [-0.2, 0) is 23.0 Å². The highest BCUT2D eigenvalue weighted by atomic mass is 32.2. The van der Waals surface area contributed by atoms with Gasteiger partial charge < -0.3 is 5.73 Å². The number of benzene rings is 1. The van der Waals surface area contributed by atoms with Gasteiger partial charge in [0.05, 0.1) is 11.1 Å². The van der Waals surface area contributed by atoms with Crippen LogP contribution in [0.5, 0.6) is 0 Å². The predicted molar refractivity (Wildman–Crippen MR) is 81.0 cm³/mol. The van der Waals surface area contributed by atoms with Crippen LogP contribution in [0.15, 0.2) is 35.5 Å². The number of aryl methyl sites for hydroxylation is 1. The van der Waals surface area contributed by atoms with Crippen molar-refractivity contribution < 1.29 is 8.42 Å². The van der Waals surface area contributed by atoms with Gasteiger partial charge in [0, 0.05) is 24.3 Å². The molecule has 6 nitrogen and oxygen atoms in total. The Hall–Kier alpha value is -1.70. The molecule has 21 heavy (non-hydrogen) atoms. The molecule has 2 rings (SSSR count). The lowest BCUT2D eigenvalue weighted by Crippen LogP contribution is -2.27. The number of aromatic nitrogens is 2.